The average Bonchev–Trinajstić information content (AvgIpc) is 3.26. The van der Waals surface area contributed by atoms with Crippen LogP contribution < -0.4 is 15.8 Å². The van der Waals surface area contributed by atoms with E-state index in [9.17, 15) is 5.11 Å². The number of anilines is 2. The number of para-hydroxylation sites is 2. The lowest BCUT2D eigenvalue weighted by atomic mass is 9.96. The fourth-order valence-corrected chi connectivity index (χ4v) is 4.40. The Balaban J connectivity index is 1.40. The van der Waals surface area contributed by atoms with Gasteiger partial charge in [-0.3, -0.25) is 0 Å². The first-order valence-corrected chi connectivity index (χ1v) is 11.0. The Morgan fingerprint density at radius 1 is 0.912 bits per heavy atom. The molecule has 2 atom stereocenters. The minimum Gasteiger partial charge on any atom is -0.457 e. The minimum atomic E-state index is -0.744. The first kappa shape index (κ1) is 20.2. The van der Waals surface area contributed by atoms with Crippen molar-refractivity contribution in [2.45, 2.75) is 12.1 Å². The maximum Gasteiger partial charge on any atom is 0.164 e. The lowest BCUT2D eigenvalue weighted by Gasteiger charge is -2.31. The molecule has 8 heteroatoms. The SMILES string of the molecule is Nc1ncnc2c1c(-c1ccc(Oc3ccccc3)cc1)nn2C1CNc2ccccc2C1O. The Kier molecular flexibility index (Phi) is 4.85. The Bertz CT molecular complexity index is 1470. The van der Waals surface area contributed by atoms with E-state index in [1.54, 1.807) is 4.68 Å². The Morgan fingerprint density at radius 2 is 1.65 bits per heavy atom. The van der Waals surface area contributed by atoms with Crippen LogP contribution >= 0.6 is 0 Å². The molecule has 168 valence electrons. The molecule has 0 amide bonds. The molecule has 2 aromatic heterocycles. The van der Waals surface area contributed by atoms with Gasteiger partial charge in [0.1, 0.15) is 41.5 Å². The lowest BCUT2D eigenvalue weighted by molar-refractivity contribution is 0.110. The maximum atomic E-state index is 11.2. The van der Waals surface area contributed by atoms with Crippen molar-refractivity contribution in [2.24, 2.45) is 0 Å². The molecule has 2 unspecified atom stereocenters. The molecule has 0 fully saturated rings. The molecular formula is C26H22N6O2. The molecule has 3 heterocycles. The van der Waals surface area contributed by atoms with E-state index in [1.807, 2.05) is 78.9 Å². The molecule has 0 spiro atoms. The quantitative estimate of drug-likeness (QED) is 0.368. The summed E-state index contributed by atoms with van der Waals surface area (Å²) < 4.78 is 7.67. The van der Waals surface area contributed by atoms with E-state index < -0.39 is 6.10 Å². The second kappa shape index (κ2) is 8.17. The summed E-state index contributed by atoms with van der Waals surface area (Å²) in [6.45, 7) is 0.502. The van der Waals surface area contributed by atoms with Crippen LogP contribution in [0.1, 0.15) is 17.7 Å². The molecule has 4 N–H and O–H groups in total. The summed E-state index contributed by atoms with van der Waals surface area (Å²) in [5, 5.41) is 20.1. The van der Waals surface area contributed by atoms with Gasteiger partial charge < -0.3 is 20.9 Å². The second-order valence-corrected chi connectivity index (χ2v) is 8.17. The number of fused-ring (bicyclic) bond motifs is 2. The summed E-state index contributed by atoms with van der Waals surface area (Å²) in [5.41, 5.74) is 10.1. The Labute approximate surface area is 195 Å². The smallest absolute Gasteiger partial charge is 0.164 e. The van der Waals surface area contributed by atoms with Crippen molar-refractivity contribution >= 4 is 22.5 Å². The number of hydrogen-bond donors (Lipinski definition) is 3. The number of ether oxygens (including phenoxy) is 1. The topological polar surface area (TPSA) is 111 Å². The number of hydrogen-bond acceptors (Lipinski definition) is 7. The molecule has 6 rings (SSSR count). The van der Waals surface area contributed by atoms with Crippen molar-refractivity contribution in [3.05, 3.63) is 90.8 Å². The number of benzene rings is 3. The van der Waals surface area contributed by atoms with Crippen LogP contribution in [0.15, 0.2) is 85.2 Å². The van der Waals surface area contributed by atoms with Gasteiger partial charge in [-0.25, -0.2) is 14.6 Å². The highest BCUT2D eigenvalue weighted by molar-refractivity contribution is 5.98. The summed E-state index contributed by atoms with van der Waals surface area (Å²) in [6, 6.07) is 24.6. The summed E-state index contributed by atoms with van der Waals surface area (Å²) in [5.74, 6) is 1.82. The maximum absolute atomic E-state index is 11.2. The van der Waals surface area contributed by atoms with E-state index in [1.165, 1.54) is 6.33 Å². The molecule has 0 saturated heterocycles. The van der Waals surface area contributed by atoms with Gasteiger partial charge in [0.2, 0.25) is 0 Å². The Morgan fingerprint density at radius 3 is 2.47 bits per heavy atom. The third-order valence-electron chi connectivity index (χ3n) is 6.08. The van der Waals surface area contributed by atoms with Crippen molar-refractivity contribution in [3.63, 3.8) is 0 Å². The van der Waals surface area contributed by atoms with Gasteiger partial charge in [-0.1, -0.05) is 36.4 Å². The summed E-state index contributed by atoms with van der Waals surface area (Å²) >= 11 is 0. The van der Waals surface area contributed by atoms with Crippen LogP contribution in [-0.2, 0) is 0 Å². The third-order valence-corrected chi connectivity index (χ3v) is 6.08. The number of aromatic nitrogens is 4. The average molecular weight is 451 g/mol. The van der Waals surface area contributed by atoms with Gasteiger partial charge in [0.25, 0.3) is 0 Å². The van der Waals surface area contributed by atoms with E-state index in [0.717, 1.165) is 22.6 Å². The summed E-state index contributed by atoms with van der Waals surface area (Å²) in [4.78, 5) is 8.66. The fraction of sp³-hybridized carbons (Fsp3) is 0.115. The van der Waals surface area contributed by atoms with Crippen molar-refractivity contribution in [2.75, 3.05) is 17.6 Å². The molecule has 34 heavy (non-hydrogen) atoms. The highest BCUT2D eigenvalue weighted by atomic mass is 16.5. The van der Waals surface area contributed by atoms with Crippen LogP contribution in [-0.4, -0.2) is 31.4 Å². The zero-order valence-corrected chi connectivity index (χ0v) is 18.2. The number of nitrogens with one attached hydrogen (secondary N) is 1. The van der Waals surface area contributed by atoms with Gasteiger partial charge in [0.15, 0.2) is 5.65 Å². The Hall–Kier alpha value is -4.43. The minimum absolute atomic E-state index is 0.342. The van der Waals surface area contributed by atoms with Gasteiger partial charge in [-0.05, 0) is 42.5 Å². The van der Waals surface area contributed by atoms with Gasteiger partial charge in [-0.15, -0.1) is 0 Å². The molecule has 1 aliphatic heterocycles. The first-order valence-electron chi connectivity index (χ1n) is 11.0. The van der Waals surface area contributed by atoms with Crippen molar-refractivity contribution < 1.29 is 9.84 Å². The molecule has 0 aliphatic carbocycles. The van der Waals surface area contributed by atoms with E-state index >= 15 is 0 Å². The zero-order chi connectivity index (χ0) is 23.1. The molecule has 0 bridgehead atoms. The second-order valence-electron chi connectivity index (χ2n) is 8.17. The number of nitrogens with two attached hydrogens (primary N) is 1. The monoisotopic (exact) mass is 450 g/mol. The zero-order valence-electron chi connectivity index (χ0n) is 18.2. The number of aliphatic hydroxyl groups is 1. The highest BCUT2D eigenvalue weighted by Gasteiger charge is 2.32. The molecule has 1 aliphatic rings. The van der Waals surface area contributed by atoms with Crippen LogP contribution in [0.4, 0.5) is 11.5 Å². The fourth-order valence-electron chi connectivity index (χ4n) is 4.40. The normalized spacial score (nSPS) is 17.2. The van der Waals surface area contributed by atoms with E-state index in [-0.39, 0.29) is 6.04 Å². The summed E-state index contributed by atoms with van der Waals surface area (Å²) in [6.07, 6.45) is 0.679. The molecule has 8 nitrogen and oxygen atoms in total. The van der Waals surface area contributed by atoms with Gasteiger partial charge in [0.05, 0.1) is 5.39 Å². The lowest BCUT2D eigenvalue weighted by Crippen LogP contribution is -2.31. The van der Waals surface area contributed by atoms with Crippen LogP contribution in [0.5, 0.6) is 11.5 Å². The predicted molar refractivity (Wildman–Crippen MR) is 131 cm³/mol. The predicted octanol–water partition coefficient (Wildman–Crippen LogP) is 4.57. The standard InChI is InChI=1S/C26H22N6O2/c27-25-22-23(16-10-12-18(13-11-16)34-17-6-2-1-3-7-17)31-32(26(22)30-15-29-25)21-14-28-20-9-5-4-8-19(20)24(21)33/h1-13,15,21,24,28,33H,14H2,(H2,27,29,30). The van der Waals surface area contributed by atoms with Crippen LogP contribution in [0.25, 0.3) is 22.3 Å². The number of rotatable bonds is 4. The third kappa shape index (κ3) is 3.41. The molecule has 3 aromatic carbocycles. The molecular weight excluding hydrogens is 428 g/mol. The largest absolute Gasteiger partial charge is 0.457 e. The van der Waals surface area contributed by atoms with Gasteiger partial charge >= 0.3 is 0 Å². The molecule has 0 radical (unpaired) electrons. The molecule has 0 saturated carbocycles. The number of aliphatic hydroxyl groups excluding tert-OH is 1. The first-order chi connectivity index (χ1) is 16.7. The van der Waals surface area contributed by atoms with Gasteiger partial charge in [0, 0.05) is 23.4 Å². The van der Waals surface area contributed by atoms with Crippen molar-refractivity contribution in [1.29, 1.82) is 0 Å². The van der Waals surface area contributed by atoms with E-state index in [0.29, 0.717) is 34.8 Å². The van der Waals surface area contributed by atoms with Crippen molar-refractivity contribution in [1.82, 2.24) is 19.7 Å². The van der Waals surface area contributed by atoms with Crippen LogP contribution in [0, 0.1) is 0 Å². The highest BCUT2D eigenvalue weighted by Crippen LogP contribution is 2.39. The number of nitrogen functional groups attached to an aromatic ring is 1. The van der Waals surface area contributed by atoms with Crippen LogP contribution in [0.2, 0.25) is 0 Å². The number of nitrogens with zero attached hydrogens (tertiary/aromatic N) is 4. The van der Waals surface area contributed by atoms with Gasteiger partial charge in [-0.2, -0.15) is 5.10 Å². The van der Waals surface area contributed by atoms with Crippen molar-refractivity contribution in [3.8, 4) is 22.8 Å². The van der Waals surface area contributed by atoms with Crippen LogP contribution in [0.3, 0.4) is 0 Å². The van der Waals surface area contributed by atoms with E-state index in [4.69, 9.17) is 15.6 Å². The molecule has 5 aromatic rings. The summed E-state index contributed by atoms with van der Waals surface area (Å²) in [7, 11) is 0. The van der Waals surface area contributed by atoms with E-state index in [2.05, 4.69) is 15.3 Å².